The van der Waals surface area contributed by atoms with E-state index in [2.05, 4.69) is 14.8 Å². The van der Waals surface area contributed by atoms with Crippen LogP contribution >= 0.6 is 0 Å². The molecule has 8 nitrogen and oxygen atoms in total. The topological polar surface area (TPSA) is 121 Å². The van der Waals surface area contributed by atoms with Crippen LogP contribution in [-0.2, 0) is 26.2 Å². The minimum Gasteiger partial charge on any atom is -0.322 e. The Balaban J connectivity index is 1.49. The summed E-state index contributed by atoms with van der Waals surface area (Å²) in [7, 11) is -8.22. The molecule has 0 bridgehead atoms. The Morgan fingerprint density at radius 3 is 1.88 bits per heavy atom. The summed E-state index contributed by atoms with van der Waals surface area (Å²) in [6.07, 6.45) is -4.64. The number of rotatable bonds is 8. The molecule has 0 aliphatic heterocycles. The van der Waals surface area contributed by atoms with E-state index >= 15 is 0 Å². The van der Waals surface area contributed by atoms with Crippen molar-refractivity contribution in [1.29, 1.82) is 0 Å². The summed E-state index contributed by atoms with van der Waals surface area (Å²) in [5.41, 5.74) is -0.154. The molecule has 4 rings (SSSR count). The highest BCUT2D eigenvalue weighted by Gasteiger charge is 2.30. The zero-order valence-electron chi connectivity index (χ0n) is 20.7. The number of benzene rings is 4. The summed E-state index contributed by atoms with van der Waals surface area (Å²) in [5, 5.41) is 2.57. The summed E-state index contributed by atoms with van der Waals surface area (Å²) in [5.74, 6) is -0.667. The van der Waals surface area contributed by atoms with E-state index in [0.29, 0.717) is 6.07 Å². The molecule has 0 saturated carbocycles. The zero-order valence-corrected chi connectivity index (χ0v) is 22.4. The van der Waals surface area contributed by atoms with Gasteiger partial charge in [0.15, 0.2) is 0 Å². The molecule has 40 heavy (non-hydrogen) atoms. The van der Waals surface area contributed by atoms with Gasteiger partial charge in [-0.1, -0.05) is 35.9 Å². The summed E-state index contributed by atoms with van der Waals surface area (Å²) >= 11 is 0. The normalized spacial score (nSPS) is 12.0. The number of halogens is 3. The number of nitrogens with one attached hydrogen (secondary N) is 3. The van der Waals surface area contributed by atoms with Gasteiger partial charge in [0.25, 0.3) is 26.0 Å². The predicted molar refractivity (Wildman–Crippen MR) is 145 cm³/mol. The molecule has 0 saturated heterocycles. The molecule has 1 amide bonds. The summed E-state index contributed by atoms with van der Waals surface area (Å²) in [6.45, 7) is 1.82. The van der Waals surface area contributed by atoms with E-state index in [-0.39, 0.29) is 32.4 Å². The largest absolute Gasteiger partial charge is 0.416 e. The molecule has 4 aromatic carbocycles. The van der Waals surface area contributed by atoms with Crippen LogP contribution in [0.25, 0.3) is 0 Å². The van der Waals surface area contributed by atoms with Crippen LogP contribution in [0.15, 0.2) is 107 Å². The molecule has 0 fully saturated rings. The van der Waals surface area contributed by atoms with Gasteiger partial charge < -0.3 is 5.32 Å². The lowest BCUT2D eigenvalue weighted by Gasteiger charge is -2.14. The quantitative estimate of drug-likeness (QED) is 0.238. The highest BCUT2D eigenvalue weighted by molar-refractivity contribution is 7.93. The van der Waals surface area contributed by atoms with Crippen LogP contribution in [0.1, 0.15) is 21.5 Å². The first-order chi connectivity index (χ1) is 18.7. The second-order valence-corrected chi connectivity index (χ2v) is 12.0. The second-order valence-electron chi connectivity index (χ2n) is 8.63. The molecule has 0 aliphatic rings. The van der Waals surface area contributed by atoms with Crippen molar-refractivity contribution < 1.29 is 34.8 Å². The standard InChI is InChI=1S/C27H22F3N3O5S2/c1-18-9-13-22(14-10-18)40(37,38)33-25-8-3-2-7-24(25)26(34)31-20-11-15-23(16-12-20)39(35,36)32-21-6-4-5-19(17-21)27(28,29)30/h2-17,32-33H,1H3,(H,31,34). The van der Waals surface area contributed by atoms with Crippen molar-refractivity contribution in [3.8, 4) is 0 Å². The third kappa shape index (κ3) is 6.79. The number of hydrogen-bond acceptors (Lipinski definition) is 5. The minimum atomic E-state index is -4.64. The van der Waals surface area contributed by atoms with Gasteiger partial charge in [0.05, 0.1) is 26.6 Å². The van der Waals surface area contributed by atoms with Crippen molar-refractivity contribution in [3.63, 3.8) is 0 Å². The molecule has 4 aromatic rings. The Labute approximate surface area is 229 Å². The molecule has 0 aromatic heterocycles. The fourth-order valence-corrected chi connectivity index (χ4v) is 5.71. The van der Waals surface area contributed by atoms with Crippen molar-refractivity contribution in [2.45, 2.75) is 22.9 Å². The maximum Gasteiger partial charge on any atom is 0.416 e. The van der Waals surface area contributed by atoms with E-state index in [9.17, 15) is 34.8 Å². The molecule has 13 heteroatoms. The lowest BCUT2D eigenvalue weighted by atomic mass is 10.1. The molecule has 0 radical (unpaired) electrons. The van der Waals surface area contributed by atoms with Crippen molar-refractivity contribution in [2.24, 2.45) is 0 Å². The number of carbonyl (C=O) groups is 1. The third-order valence-corrected chi connectivity index (χ3v) is 8.39. The molecule has 0 unspecified atom stereocenters. The van der Waals surface area contributed by atoms with Gasteiger partial charge in [-0.2, -0.15) is 13.2 Å². The molecular formula is C27H22F3N3O5S2. The van der Waals surface area contributed by atoms with Gasteiger partial charge in [0.1, 0.15) is 0 Å². The van der Waals surface area contributed by atoms with Gasteiger partial charge in [-0.05, 0) is 73.7 Å². The Morgan fingerprint density at radius 2 is 1.25 bits per heavy atom. The average Bonchev–Trinajstić information content (AvgIpc) is 2.89. The van der Waals surface area contributed by atoms with Gasteiger partial charge in [-0.3, -0.25) is 14.2 Å². The van der Waals surface area contributed by atoms with E-state index < -0.39 is 37.7 Å². The van der Waals surface area contributed by atoms with Gasteiger partial charge in [-0.25, -0.2) is 16.8 Å². The highest BCUT2D eigenvalue weighted by atomic mass is 32.2. The second kappa shape index (κ2) is 11.0. The fraction of sp³-hybridized carbons (Fsp3) is 0.0741. The van der Waals surface area contributed by atoms with Gasteiger partial charge in [0.2, 0.25) is 0 Å². The fourth-order valence-electron chi connectivity index (χ4n) is 3.58. The van der Waals surface area contributed by atoms with Crippen LogP contribution in [0.3, 0.4) is 0 Å². The Hall–Kier alpha value is -4.36. The smallest absolute Gasteiger partial charge is 0.322 e. The first-order valence-electron chi connectivity index (χ1n) is 11.5. The number of alkyl halides is 3. The highest BCUT2D eigenvalue weighted by Crippen LogP contribution is 2.31. The first kappa shape index (κ1) is 28.6. The number of carbonyl (C=O) groups excluding carboxylic acids is 1. The lowest BCUT2D eigenvalue weighted by Crippen LogP contribution is -2.18. The molecule has 0 spiro atoms. The van der Waals surface area contributed by atoms with E-state index in [0.717, 1.165) is 29.8 Å². The van der Waals surface area contributed by atoms with Gasteiger partial charge >= 0.3 is 6.18 Å². The Kier molecular flexibility index (Phi) is 7.89. The number of sulfonamides is 2. The van der Waals surface area contributed by atoms with Crippen LogP contribution < -0.4 is 14.8 Å². The van der Waals surface area contributed by atoms with Crippen molar-refractivity contribution >= 4 is 43.0 Å². The molecular weight excluding hydrogens is 567 g/mol. The monoisotopic (exact) mass is 589 g/mol. The number of para-hydroxylation sites is 1. The number of hydrogen-bond donors (Lipinski definition) is 3. The van der Waals surface area contributed by atoms with Crippen LogP contribution in [0, 0.1) is 6.92 Å². The maximum absolute atomic E-state index is 13.0. The SMILES string of the molecule is Cc1ccc(S(=O)(=O)Nc2ccccc2C(=O)Nc2ccc(S(=O)(=O)Nc3cccc(C(F)(F)F)c3)cc2)cc1. The number of anilines is 3. The van der Waals surface area contributed by atoms with Crippen molar-refractivity contribution in [1.82, 2.24) is 0 Å². The Morgan fingerprint density at radius 1 is 0.675 bits per heavy atom. The molecule has 0 aliphatic carbocycles. The summed E-state index contributed by atoms with van der Waals surface area (Å²) < 4.78 is 94.3. The summed E-state index contributed by atoms with van der Waals surface area (Å²) in [4.78, 5) is 12.7. The van der Waals surface area contributed by atoms with Crippen LogP contribution in [-0.4, -0.2) is 22.7 Å². The minimum absolute atomic E-state index is 0.0149. The van der Waals surface area contributed by atoms with Crippen LogP contribution in [0.4, 0.5) is 30.2 Å². The molecule has 3 N–H and O–H groups in total. The third-order valence-electron chi connectivity index (χ3n) is 5.61. The van der Waals surface area contributed by atoms with Gasteiger partial charge in [0, 0.05) is 11.4 Å². The van der Waals surface area contributed by atoms with E-state index in [1.807, 2.05) is 6.92 Å². The Bertz CT molecular complexity index is 1760. The first-order valence-corrected chi connectivity index (χ1v) is 14.5. The lowest BCUT2D eigenvalue weighted by molar-refractivity contribution is -0.137. The molecule has 208 valence electrons. The van der Waals surface area contributed by atoms with Gasteiger partial charge in [-0.15, -0.1) is 0 Å². The van der Waals surface area contributed by atoms with Crippen LogP contribution in [0.2, 0.25) is 0 Å². The van der Waals surface area contributed by atoms with E-state index in [4.69, 9.17) is 0 Å². The molecule has 0 heterocycles. The predicted octanol–water partition coefficient (Wildman–Crippen LogP) is 5.87. The van der Waals surface area contributed by atoms with E-state index in [1.54, 1.807) is 24.3 Å². The van der Waals surface area contributed by atoms with E-state index in [1.165, 1.54) is 42.5 Å². The average molecular weight is 590 g/mol. The summed E-state index contributed by atoms with van der Waals surface area (Å²) in [6, 6.07) is 20.8. The maximum atomic E-state index is 13.0. The van der Waals surface area contributed by atoms with Crippen LogP contribution in [0.5, 0.6) is 0 Å². The zero-order chi connectivity index (χ0) is 29.1. The molecule has 0 atom stereocenters. The number of amides is 1. The van der Waals surface area contributed by atoms with Crippen molar-refractivity contribution in [3.05, 3.63) is 114 Å². The number of aryl methyl sites for hydroxylation is 1. The van der Waals surface area contributed by atoms with Crippen molar-refractivity contribution in [2.75, 3.05) is 14.8 Å².